The highest BCUT2D eigenvalue weighted by atomic mass is 79.9. The van der Waals surface area contributed by atoms with Crippen LogP contribution in [0.1, 0.15) is 10.6 Å². The quantitative estimate of drug-likeness (QED) is 0.446. The normalized spacial score (nSPS) is 11.2. The Hall–Kier alpha value is -1.30. The maximum atomic E-state index is 13.0. The number of benzene rings is 2. The van der Waals surface area contributed by atoms with E-state index in [1.165, 1.54) is 12.1 Å². The van der Waals surface area contributed by atoms with Gasteiger partial charge in [-0.2, -0.15) is 0 Å². The maximum Gasteiger partial charge on any atom is 0.123 e. The molecular weight excluding hydrogens is 429 g/mol. The molecule has 1 aromatic heterocycles. The summed E-state index contributed by atoms with van der Waals surface area (Å²) in [6.45, 7) is 0. The largest absolute Gasteiger partial charge is 0.235 e. The van der Waals surface area contributed by atoms with E-state index in [4.69, 9.17) is 0 Å². The second kappa shape index (κ2) is 6.86. The summed E-state index contributed by atoms with van der Waals surface area (Å²) in [4.78, 5) is 4.60. The van der Waals surface area contributed by atoms with Crippen LogP contribution < -0.4 is 0 Å². The summed E-state index contributed by atoms with van der Waals surface area (Å²) in [5, 5.41) is 0.895. The number of nitrogens with zero attached hydrogens (tertiary/aromatic N) is 1. The lowest BCUT2D eigenvalue weighted by Gasteiger charge is -1.96. The number of thiazole rings is 1. The molecule has 3 aromatic rings. The Labute approximate surface area is 148 Å². The van der Waals surface area contributed by atoms with Gasteiger partial charge in [0.1, 0.15) is 10.8 Å². The smallest absolute Gasteiger partial charge is 0.123 e. The molecule has 0 unspecified atom stereocenters. The average Bonchev–Trinajstić information content (AvgIpc) is 2.87. The van der Waals surface area contributed by atoms with E-state index in [0.29, 0.717) is 0 Å². The summed E-state index contributed by atoms with van der Waals surface area (Å²) in [7, 11) is 0. The van der Waals surface area contributed by atoms with Gasteiger partial charge < -0.3 is 0 Å². The molecule has 0 aliphatic rings. The molecule has 0 radical (unpaired) electrons. The van der Waals surface area contributed by atoms with Crippen LogP contribution in [0.4, 0.5) is 4.39 Å². The third-order valence-corrected chi connectivity index (χ3v) is 5.15. The van der Waals surface area contributed by atoms with Crippen LogP contribution in [0.15, 0.2) is 56.8 Å². The molecule has 0 amide bonds. The summed E-state index contributed by atoms with van der Waals surface area (Å²) < 4.78 is 15.0. The fourth-order valence-electron chi connectivity index (χ4n) is 1.95. The Kier molecular flexibility index (Phi) is 4.86. The fraction of sp³-hybridized carbons (Fsp3) is 0. The van der Waals surface area contributed by atoms with Crippen LogP contribution in [0.3, 0.4) is 0 Å². The van der Waals surface area contributed by atoms with Gasteiger partial charge in [0.15, 0.2) is 0 Å². The van der Waals surface area contributed by atoms with E-state index in [9.17, 15) is 4.39 Å². The van der Waals surface area contributed by atoms with Crippen molar-refractivity contribution < 1.29 is 4.39 Å². The highest BCUT2D eigenvalue weighted by Gasteiger charge is 2.09. The molecule has 1 nitrogen and oxygen atoms in total. The van der Waals surface area contributed by atoms with E-state index in [-0.39, 0.29) is 5.82 Å². The van der Waals surface area contributed by atoms with E-state index in [1.54, 1.807) is 23.5 Å². The Morgan fingerprint density at radius 1 is 1.00 bits per heavy atom. The zero-order valence-corrected chi connectivity index (χ0v) is 15.3. The zero-order chi connectivity index (χ0) is 15.5. The van der Waals surface area contributed by atoms with E-state index < -0.39 is 0 Å². The Balaban J connectivity index is 1.87. The lowest BCUT2D eigenvalue weighted by molar-refractivity contribution is 0.628. The number of hydrogen-bond acceptors (Lipinski definition) is 2. The minimum Gasteiger partial charge on any atom is -0.235 e. The van der Waals surface area contributed by atoms with Crippen molar-refractivity contribution in [1.82, 2.24) is 4.98 Å². The first kappa shape index (κ1) is 15.6. The van der Waals surface area contributed by atoms with E-state index in [1.807, 2.05) is 36.4 Å². The minimum absolute atomic E-state index is 0.245. The third kappa shape index (κ3) is 3.72. The summed E-state index contributed by atoms with van der Waals surface area (Å²) in [6, 6.07) is 14.4. The molecule has 0 atom stereocenters. The van der Waals surface area contributed by atoms with E-state index >= 15 is 0 Å². The van der Waals surface area contributed by atoms with Crippen LogP contribution in [0.2, 0.25) is 0 Å². The van der Waals surface area contributed by atoms with Crippen LogP contribution in [-0.2, 0) is 0 Å². The van der Waals surface area contributed by atoms with Gasteiger partial charge in [0, 0.05) is 10.0 Å². The van der Waals surface area contributed by atoms with Crippen LogP contribution in [0, 0.1) is 5.82 Å². The fourth-order valence-corrected chi connectivity index (χ4v) is 3.90. The second-order valence-corrected chi connectivity index (χ2v) is 7.83. The van der Waals surface area contributed by atoms with Crippen molar-refractivity contribution in [2.75, 3.05) is 0 Å². The predicted molar refractivity (Wildman–Crippen MR) is 98.3 cm³/mol. The summed E-state index contributed by atoms with van der Waals surface area (Å²) in [6.07, 6.45) is 3.99. The predicted octanol–water partition coefficient (Wildman–Crippen LogP) is 6.64. The van der Waals surface area contributed by atoms with Crippen molar-refractivity contribution in [3.8, 4) is 11.3 Å². The summed E-state index contributed by atoms with van der Waals surface area (Å²) in [5.74, 6) is -0.245. The molecule has 0 saturated carbocycles. The molecule has 3 rings (SSSR count). The third-order valence-electron chi connectivity index (χ3n) is 2.99. The van der Waals surface area contributed by atoms with Crippen LogP contribution in [-0.4, -0.2) is 4.98 Å². The summed E-state index contributed by atoms with van der Waals surface area (Å²) in [5.41, 5.74) is 2.83. The molecule has 110 valence electrons. The first-order valence-corrected chi connectivity index (χ1v) is 8.88. The molecular formula is C17H10Br2FNS. The summed E-state index contributed by atoms with van der Waals surface area (Å²) >= 11 is 8.54. The van der Waals surface area contributed by atoms with Crippen molar-refractivity contribution >= 4 is 55.3 Å². The number of aromatic nitrogens is 1. The average molecular weight is 439 g/mol. The standard InChI is InChI=1S/C17H10Br2FNS/c18-13-3-1-2-11(10-13)4-9-15-21-16(17(19)22-15)12-5-7-14(20)8-6-12/h1-10H. The monoisotopic (exact) mass is 437 g/mol. The van der Waals surface area contributed by atoms with E-state index in [2.05, 4.69) is 36.8 Å². The number of hydrogen-bond donors (Lipinski definition) is 0. The van der Waals surface area contributed by atoms with Gasteiger partial charge in [0.25, 0.3) is 0 Å². The molecule has 5 heteroatoms. The van der Waals surface area contributed by atoms with Gasteiger partial charge in [-0.1, -0.05) is 34.1 Å². The second-order valence-electron chi connectivity index (χ2n) is 4.57. The zero-order valence-electron chi connectivity index (χ0n) is 11.3. The Bertz CT molecular complexity index is 825. The minimum atomic E-state index is -0.245. The first-order valence-electron chi connectivity index (χ1n) is 6.48. The van der Waals surface area contributed by atoms with Crippen molar-refractivity contribution in [2.24, 2.45) is 0 Å². The lowest BCUT2D eigenvalue weighted by Crippen LogP contribution is -1.80. The van der Waals surface area contributed by atoms with E-state index in [0.717, 1.165) is 30.1 Å². The number of rotatable bonds is 3. The first-order chi connectivity index (χ1) is 10.6. The van der Waals surface area contributed by atoms with Crippen LogP contribution in [0.25, 0.3) is 23.4 Å². The molecule has 0 aliphatic carbocycles. The highest BCUT2D eigenvalue weighted by Crippen LogP contribution is 2.33. The Morgan fingerprint density at radius 3 is 2.50 bits per heavy atom. The Morgan fingerprint density at radius 2 is 1.77 bits per heavy atom. The van der Waals surface area contributed by atoms with Crippen molar-refractivity contribution in [3.63, 3.8) is 0 Å². The maximum absolute atomic E-state index is 13.0. The molecule has 2 aromatic carbocycles. The molecule has 0 fully saturated rings. The van der Waals surface area contributed by atoms with Gasteiger partial charge in [0.05, 0.1) is 9.48 Å². The van der Waals surface area contributed by atoms with Gasteiger partial charge in [-0.3, -0.25) is 0 Å². The highest BCUT2D eigenvalue weighted by molar-refractivity contribution is 9.11. The molecule has 1 heterocycles. The van der Waals surface area contributed by atoms with Crippen LogP contribution >= 0.6 is 43.2 Å². The molecule has 0 aliphatic heterocycles. The lowest BCUT2D eigenvalue weighted by atomic mass is 10.2. The van der Waals surface area contributed by atoms with Crippen molar-refractivity contribution in [3.05, 3.63) is 73.2 Å². The molecule has 0 saturated heterocycles. The van der Waals surface area contributed by atoms with Crippen LogP contribution in [0.5, 0.6) is 0 Å². The van der Waals surface area contributed by atoms with Crippen molar-refractivity contribution in [2.45, 2.75) is 0 Å². The van der Waals surface area contributed by atoms with Crippen molar-refractivity contribution in [1.29, 1.82) is 0 Å². The van der Waals surface area contributed by atoms with Gasteiger partial charge in [0.2, 0.25) is 0 Å². The van der Waals surface area contributed by atoms with Gasteiger partial charge in [-0.15, -0.1) is 11.3 Å². The topological polar surface area (TPSA) is 12.9 Å². The molecule has 22 heavy (non-hydrogen) atoms. The van der Waals surface area contributed by atoms with Gasteiger partial charge in [-0.25, -0.2) is 9.37 Å². The molecule has 0 bridgehead atoms. The molecule has 0 spiro atoms. The molecule has 0 N–H and O–H groups in total. The van der Waals surface area contributed by atoms with Gasteiger partial charge in [-0.05, 0) is 64.0 Å². The number of halogens is 3. The SMILES string of the molecule is Fc1ccc(-c2nc(C=Cc3cccc(Br)c3)sc2Br)cc1. The van der Waals surface area contributed by atoms with Gasteiger partial charge >= 0.3 is 0 Å².